The summed E-state index contributed by atoms with van der Waals surface area (Å²) in [6, 6.07) is 5.17. The van der Waals surface area contributed by atoms with Crippen molar-refractivity contribution in [3.63, 3.8) is 0 Å². The number of hydrogen-bond acceptors (Lipinski definition) is 6. The second kappa shape index (κ2) is 9.78. The highest BCUT2D eigenvalue weighted by atomic mass is 35.5. The van der Waals surface area contributed by atoms with E-state index in [1.165, 1.54) is 18.2 Å². The molecule has 0 aliphatic carbocycles. The van der Waals surface area contributed by atoms with Crippen molar-refractivity contribution in [3.05, 3.63) is 34.5 Å². The number of ether oxygens (including phenoxy) is 1. The van der Waals surface area contributed by atoms with Gasteiger partial charge in [0.15, 0.2) is 0 Å². The molecule has 0 aliphatic heterocycles. The number of methoxy groups -OCH3 is 1. The normalized spacial score (nSPS) is 10.9. The zero-order valence-electron chi connectivity index (χ0n) is 13.5. The van der Waals surface area contributed by atoms with Gasteiger partial charge in [0.1, 0.15) is 17.4 Å². The Balaban J connectivity index is 3.03. The standard InChI is InChI=1S/C16H20ClN3O4/c1-11-7-14(15(24-2)8-13(11)17)19-10-12(9-18)16(23)20(3-5-21)4-6-22/h7-8,10,19,21-22H,3-6H2,1-2H3/b12-10-. The summed E-state index contributed by atoms with van der Waals surface area (Å²) in [5.41, 5.74) is 1.20. The van der Waals surface area contributed by atoms with E-state index in [9.17, 15) is 10.1 Å². The fraction of sp³-hybridized carbons (Fsp3) is 0.375. The van der Waals surface area contributed by atoms with Crippen molar-refractivity contribution in [1.29, 1.82) is 5.26 Å². The monoisotopic (exact) mass is 353 g/mol. The van der Waals surface area contributed by atoms with Gasteiger partial charge in [-0.1, -0.05) is 11.6 Å². The number of benzene rings is 1. The van der Waals surface area contributed by atoms with Crippen LogP contribution in [0.1, 0.15) is 5.56 Å². The molecule has 0 radical (unpaired) electrons. The predicted molar refractivity (Wildman–Crippen MR) is 90.8 cm³/mol. The number of anilines is 1. The maximum atomic E-state index is 12.3. The molecule has 7 nitrogen and oxygen atoms in total. The average molecular weight is 354 g/mol. The number of halogens is 1. The predicted octanol–water partition coefficient (Wildman–Crippen LogP) is 1.29. The van der Waals surface area contributed by atoms with E-state index in [4.69, 9.17) is 26.6 Å². The number of rotatable bonds is 8. The smallest absolute Gasteiger partial charge is 0.266 e. The molecule has 130 valence electrons. The number of aliphatic hydroxyl groups is 2. The largest absolute Gasteiger partial charge is 0.495 e. The minimum absolute atomic E-state index is 0.0296. The van der Waals surface area contributed by atoms with E-state index in [0.717, 1.165) is 5.56 Å². The minimum atomic E-state index is -0.585. The molecule has 0 saturated carbocycles. The van der Waals surface area contributed by atoms with E-state index < -0.39 is 5.91 Å². The Labute approximate surface area is 145 Å². The lowest BCUT2D eigenvalue weighted by molar-refractivity contribution is -0.127. The third-order valence-corrected chi connectivity index (χ3v) is 3.64. The van der Waals surface area contributed by atoms with Crippen LogP contribution in [-0.2, 0) is 4.79 Å². The first-order valence-electron chi connectivity index (χ1n) is 7.20. The van der Waals surface area contributed by atoms with Gasteiger partial charge in [0, 0.05) is 30.4 Å². The molecule has 24 heavy (non-hydrogen) atoms. The molecule has 0 heterocycles. The van der Waals surface area contributed by atoms with E-state index in [1.807, 2.05) is 13.0 Å². The van der Waals surface area contributed by atoms with Crippen LogP contribution in [0, 0.1) is 18.3 Å². The van der Waals surface area contributed by atoms with Gasteiger partial charge in [0.25, 0.3) is 5.91 Å². The van der Waals surface area contributed by atoms with E-state index in [-0.39, 0.29) is 31.9 Å². The summed E-state index contributed by atoms with van der Waals surface area (Å²) in [4.78, 5) is 13.5. The Morgan fingerprint density at radius 2 is 2.04 bits per heavy atom. The van der Waals surface area contributed by atoms with Gasteiger partial charge >= 0.3 is 0 Å². The van der Waals surface area contributed by atoms with Crippen LogP contribution in [0.4, 0.5) is 5.69 Å². The van der Waals surface area contributed by atoms with Gasteiger partial charge < -0.3 is 25.2 Å². The lowest BCUT2D eigenvalue weighted by Gasteiger charge is -2.20. The number of nitriles is 1. The number of aliphatic hydroxyl groups excluding tert-OH is 2. The van der Waals surface area contributed by atoms with Crippen LogP contribution in [0.3, 0.4) is 0 Å². The van der Waals surface area contributed by atoms with Crippen LogP contribution >= 0.6 is 11.6 Å². The molecular formula is C16H20ClN3O4. The van der Waals surface area contributed by atoms with Crippen molar-refractivity contribution in [2.24, 2.45) is 0 Å². The highest BCUT2D eigenvalue weighted by molar-refractivity contribution is 6.31. The molecular weight excluding hydrogens is 334 g/mol. The topological polar surface area (TPSA) is 106 Å². The Morgan fingerprint density at radius 3 is 2.54 bits per heavy atom. The second-order valence-electron chi connectivity index (χ2n) is 4.86. The van der Waals surface area contributed by atoms with Gasteiger partial charge in [0.2, 0.25) is 0 Å². The van der Waals surface area contributed by atoms with Crippen LogP contribution in [0.5, 0.6) is 5.75 Å². The molecule has 1 amide bonds. The molecule has 0 bridgehead atoms. The molecule has 0 saturated heterocycles. The Hall–Kier alpha value is -2.27. The summed E-state index contributed by atoms with van der Waals surface area (Å²) in [5.74, 6) is -0.119. The Kier molecular flexibility index (Phi) is 8.06. The molecule has 0 aliphatic rings. The molecule has 1 aromatic rings. The van der Waals surface area contributed by atoms with Crippen molar-refractivity contribution < 1.29 is 19.7 Å². The van der Waals surface area contributed by atoms with Crippen LogP contribution in [-0.4, -0.2) is 54.4 Å². The molecule has 0 fully saturated rings. The maximum Gasteiger partial charge on any atom is 0.266 e. The number of carbonyl (C=O) groups excluding carboxylic acids is 1. The summed E-state index contributed by atoms with van der Waals surface area (Å²) >= 11 is 6.03. The number of hydrogen-bond donors (Lipinski definition) is 3. The zero-order chi connectivity index (χ0) is 18.1. The van der Waals surface area contributed by atoms with Crippen molar-refractivity contribution >= 4 is 23.2 Å². The Morgan fingerprint density at radius 1 is 1.42 bits per heavy atom. The maximum absolute atomic E-state index is 12.3. The zero-order valence-corrected chi connectivity index (χ0v) is 14.3. The molecule has 0 spiro atoms. The van der Waals surface area contributed by atoms with E-state index >= 15 is 0 Å². The number of aryl methyl sites for hydroxylation is 1. The number of carbonyl (C=O) groups is 1. The molecule has 1 aromatic carbocycles. The quantitative estimate of drug-likeness (QED) is 0.480. The molecule has 8 heteroatoms. The van der Waals surface area contributed by atoms with Crippen LogP contribution in [0.2, 0.25) is 5.02 Å². The first-order chi connectivity index (χ1) is 11.5. The van der Waals surface area contributed by atoms with Crippen molar-refractivity contribution in [3.8, 4) is 11.8 Å². The number of nitrogens with zero attached hydrogens (tertiary/aromatic N) is 2. The Bertz CT molecular complexity index is 649. The molecule has 1 rings (SSSR count). The van der Waals surface area contributed by atoms with E-state index in [0.29, 0.717) is 16.5 Å². The minimum Gasteiger partial charge on any atom is -0.495 e. The molecule has 0 unspecified atom stereocenters. The van der Waals surface area contributed by atoms with Gasteiger partial charge in [-0.05, 0) is 18.6 Å². The van der Waals surface area contributed by atoms with Gasteiger partial charge in [-0.2, -0.15) is 5.26 Å². The van der Waals surface area contributed by atoms with Crippen LogP contribution < -0.4 is 10.1 Å². The first-order valence-corrected chi connectivity index (χ1v) is 7.58. The van der Waals surface area contributed by atoms with Crippen molar-refractivity contribution in [1.82, 2.24) is 4.90 Å². The lowest BCUT2D eigenvalue weighted by atomic mass is 10.2. The highest BCUT2D eigenvalue weighted by Gasteiger charge is 2.17. The summed E-state index contributed by atoms with van der Waals surface area (Å²) in [5, 5.41) is 30.6. The molecule has 3 N–H and O–H groups in total. The summed E-state index contributed by atoms with van der Waals surface area (Å²) in [7, 11) is 1.48. The van der Waals surface area contributed by atoms with Gasteiger partial charge in [-0.25, -0.2) is 0 Å². The van der Waals surface area contributed by atoms with Gasteiger partial charge in [-0.15, -0.1) is 0 Å². The number of nitrogens with one attached hydrogen (secondary N) is 1. The molecule has 0 atom stereocenters. The summed E-state index contributed by atoms with van der Waals surface area (Å²) in [6.07, 6.45) is 1.26. The van der Waals surface area contributed by atoms with Crippen LogP contribution in [0.25, 0.3) is 0 Å². The second-order valence-corrected chi connectivity index (χ2v) is 5.26. The SMILES string of the molecule is COc1cc(Cl)c(C)cc1N/C=C(/C#N)C(=O)N(CCO)CCO. The fourth-order valence-electron chi connectivity index (χ4n) is 1.96. The summed E-state index contributed by atoms with van der Waals surface area (Å²) in [6.45, 7) is 1.35. The van der Waals surface area contributed by atoms with Gasteiger partial charge in [-0.3, -0.25) is 4.79 Å². The van der Waals surface area contributed by atoms with E-state index in [2.05, 4.69) is 5.32 Å². The number of amides is 1. The first kappa shape index (κ1) is 19.8. The highest BCUT2D eigenvalue weighted by Crippen LogP contribution is 2.31. The summed E-state index contributed by atoms with van der Waals surface area (Å²) < 4.78 is 5.21. The third-order valence-electron chi connectivity index (χ3n) is 3.23. The lowest BCUT2D eigenvalue weighted by Crippen LogP contribution is -2.36. The van der Waals surface area contributed by atoms with E-state index in [1.54, 1.807) is 12.1 Å². The van der Waals surface area contributed by atoms with Crippen LogP contribution in [0.15, 0.2) is 23.9 Å². The molecule has 0 aromatic heterocycles. The fourth-order valence-corrected chi connectivity index (χ4v) is 2.12. The average Bonchev–Trinajstić information content (AvgIpc) is 2.57. The van der Waals surface area contributed by atoms with Gasteiger partial charge in [0.05, 0.1) is 26.0 Å². The van der Waals surface area contributed by atoms with Crippen molar-refractivity contribution in [2.45, 2.75) is 6.92 Å². The third kappa shape index (κ3) is 5.13. The van der Waals surface area contributed by atoms with Crippen molar-refractivity contribution in [2.75, 3.05) is 38.7 Å².